The van der Waals surface area contributed by atoms with E-state index in [1.165, 1.54) is 0 Å². The summed E-state index contributed by atoms with van der Waals surface area (Å²) in [5, 5.41) is 19.7. The lowest BCUT2D eigenvalue weighted by atomic mass is 9.96. The normalized spacial score (nSPS) is 15.9. The first-order valence-electron chi connectivity index (χ1n) is 16.8. The van der Waals surface area contributed by atoms with Crippen molar-refractivity contribution in [2.75, 3.05) is 5.32 Å². The summed E-state index contributed by atoms with van der Waals surface area (Å²) in [6.07, 6.45) is 5.68. The fourth-order valence-electron chi connectivity index (χ4n) is 6.21. The van der Waals surface area contributed by atoms with Gasteiger partial charge in [-0.2, -0.15) is 23.4 Å². The zero-order valence-electron chi connectivity index (χ0n) is 29.0. The maximum atomic E-state index is 13.9. The van der Waals surface area contributed by atoms with E-state index in [-0.39, 0.29) is 23.4 Å². The number of hydrogen-bond donors (Lipinski definition) is 2. The number of carbonyl (C=O) groups is 2. The van der Waals surface area contributed by atoms with Gasteiger partial charge >= 0.3 is 12.1 Å². The molecular weight excluding hydrogens is 725 g/mol. The van der Waals surface area contributed by atoms with E-state index in [1.807, 2.05) is 79.6 Å². The van der Waals surface area contributed by atoms with Crippen LogP contribution in [0.3, 0.4) is 0 Å². The predicted octanol–water partition coefficient (Wildman–Crippen LogP) is 7.25. The van der Waals surface area contributed by atoms with Crippen LogP contribution in [0.25, 0.3) is 33.6 Å². The molecule has 1 aliphatic heterocycles. The van der Waals surface area contributed by atoms with Gasteiger partial charge in [-0.15, -0.1) is 0 Å². The molecule has 5 heterocycles. The number of amides is 1. The second-order valence-electron chi connectivity index (χ2n) is 12.8. The van der Waals surface area contributed by atoms with Crippen LogP contribution in [0.1, 0.15) is 43.5 Å². The lowest BCUT2D eigenvalue weighted by Gasteiger charge is -2.22. The van der Waals surface area contributed by atoms with E-state index in [0.717, 1.165) is 39.2 Å². The van der Waals surface area contributed by atoms with Crippen LogP contribution >= 0.6 is 11.6 Å². The van der Waals surface area contributed by atoms with E-state index in [4.69, 9.17) is 31.5 Å². The number of pyridine rings is 1. The number of aromatic nitrogens is 7. The topological polar surface area (TPSA) is 150 Å². The quantitative estimate of drug-likeness (QED) is 0.187. The summed E-state index contributed by atoms with van der Waals surface area (Å²) in [6, 6.07) is 20.7. The van der Waals surface area contributed by atoms with Crippen LogP contribution in [-0.2, 0) is 23.2 Å². The third kappa shape index (κ3) is 8.58. The second-order valence-corrected chi connectivity index (χ2v) is 13.2. The van der Waals surface area contributed by atoms with E-state index >= 15 is 0 Å². The fourth-order valence-corrected chi connectivity index (χ4v) is 6.39. The molecule has 12 nitrogen and oxygen atoms in total. The van der Waals surface area contributed by atoms with Crippen molar-refractivity contribution in [3.05, 3.63) is 124 Å². The second kappa shape index (κ2) is 15.9. The Kier molecular flexibility index (Phi) is 11.1. The first kappa shape index (κ1) is 37.7. The van der Waals surface area contributed by atoms with Gasteiger partial charge in [0.15, 0.2) is 0 Å². The molecule has 0 radical (unpaired) electrons. The number of nitrogens with zero attached hydrogens (tertiary/aromatic N) is 7. The SMILES string of the molecule is C[C@@H]1CCC[C@H](n2cnc(-c3cc(Cl)ccc3-c3cnn(Cc4ccccc4)c3)cc2=O)c2cc(ccn2)-c2c(cnn2C)NC1=O.O=C(O)C(F)(F)F. The highest BCUT2D eigenvalue weighted by molar-refractivity contribution is 6.31. The highest BCUT2D eigenvalue weighted by Gasteiger charge is 2.38. The van der Waals surface area contributed by atoms with Gasteiger partial charge in [-0.1, -0.05) is 61.3 Å². The van der Waals surface area contributed by atoms with Crippen molar-refractivity contribution in [2.45, 2.75) is 44.9 Å². The molecule has 0 fully saturated rings. The van der Waals surface area contributed by atoms with Crippen molar-refractivity contribution in [3.63, 3.8) is 0 Å². The number of carboxylic acid groups (broad SMARTS) is 1. The molecule has 2 N–H and O–H groups in total. The third-order valence-corrected chi connectivity index (χ3v) is 9.19. The van der Waals surface area contributed by atoms with E-state index in [2.05, 4.69) is 27.6 Å². The number of benzene rings is 2. The van der Waals surface area contributed by atoms with Crippen LogP contribution in [0.4, 0.5) is 18.9 Å². The van der Waals surface area contributed by atoms with Crippen molar-refractivity contribution in [1.82, 2.24) is 34.1 Å². The number of carboxylic acids is 1. The Bertz CT molecular complexity index is 2360. The Morgan fingerprint density at radius 3 is 2.44 bits per heavy atom. The summed E-state index contributed by atoms with van der Waals surface area (Å²) in [5.41, 5.74) is 6.95. The van der Waals surface area contributed by atoms with Gasteiger partial charge in [-0.25, -0.2) is 9.78 Å². The van der Waals surface area contributed by atoms with Gasteiger partial charge in [0.2, 0.25) is 5.91 Å². The number of fused-ring (bicyclic) bond motifs is 4. The molecular formula is C38H34ClF3N8O4. The number of aliphatic carboxylic acids is 1. The Morgan fingerprint density at radius 1 is 0.963 bits per heavy atom. The molecule has 1 aliphatic rings. The highest BCUT2D eigenvalue weighted by Crippen LogP contribution is 2.35. The van der Waals surface area contributed by atoms with E-state index in [0.29, 0.717) is 42.2 Å². The Balaban J connectivity index is 0.000000649. The minimum absolute atomic E-state index is 0.0585. The molecule has 2 atom stereocenters. The minimum atomic E-state index is -5.08. The molecule has 0 unspecified atom stereocenters. The maximum Gasteiger partial charge on any atom is 0.490 e. The van der Waals surface area contributed by atoms with Crippen molar-refractivity contribution in [3.8, 4) is 33.6 Å². The van der Waals surface area contributed by atoms with E-state index in [9.17, 15) is 22.8 Å². The van der Waals surface area contributed by atoms with Crippen LogP contribution < -0.4 is 10.9 Å². The zero-order chi connectivity index (χ0) is 38.6. The van der Waals surface area contributed by atoms with Crippen molar-refractivity contribution < 1.29 is 27.9 Å². The molecule has 7 rings (SSSR count). The van der Waals surface area contributed by atoms with Gasteiger partial charge in [0.1, 0.15) is 0 Å². The van der Waals surface area contributed by atoms with Crippen LogP contribution in [0, 0.1) is 5.92 Å². The van der Waals surface area contributed by atoms with Gasteiger partial charge in [0.25, 0.3) is 5.56 Å². The number of nitrogens with one attached hydrogen (secondary N) is 1. The molecule has 2 bridgehead atoms. The number of alkyl halides is 3. The Hall–Kier alpha value is -6.09. The van der Waals surface area contributed by atoms with Crippen molar-refractivity contribution in [1.29, 1.82) is 0 Å². The summed E-state index contributed by atoms with van der Waals surface area (Å²) in [7, 11) is 1.84. The van der Waals surface area contributed by atoms with E-state index < -0.39 is 12.1 Å². The number of aryl methyl sites for hydroxylation is 1. The number of hydrogen-bond acceptors (Lipinski definition) is 7. The standard InChI is InChI=1S/C36H33ClN8O2.C2HF3O2/c1-23-7-6-10-33(31-15-25(13-14-38-31)35-32(42-36(23)47)19-40-43(35)2)45-22-39-30(17-34(45)46)29-16-27(37)11-12-28(29)26-18-41-44(21-26)20-24-8-4-3-5-9-24;3-2(4,5)1(6)7/h3-5,8-9,11-19,21-23,33H,6-7,10,20H2,1-2H3,(H,42,47);(H,6,7)/t23-,33+;/m1./s1. The molecule has 4 aromatic heterocycles. The largest absolute Gasteiger partial charge is 0.490 e. The summed E-state index contributed by atoms with van der Waals surface area (Å²) in [4.78, 5) is 45.3. The monoisotopic (exact) mass is 758 g/mol. The third-order valence-electron chi connectivity index (χ3n) is 8.96. The fraction of sp³-hybridized carbons (Fsp3) is 0.237. The lowest BCUT2D eigenvalue weighted by molar-refractivity contribution is -0.192. The van der Waals surface area contributed by atoms with Crippen LogP contribution in [0.5, 0.6) is 0 Å². The number of carbonyl (C=O) groups excluding carboxylic acids is 1. The van der Waals surface area contributed by atoms with Crippen LogP contribution in [-0.4, -0.2) is 57.3 Å². The predicted molar refractivity (Wildman–Crippen MR) is 196 cm³/mol. The van der Waals surface area contributed by atoms with Gasteiger partial charge in [-0.3, -0.25) is 28.5 Å². The first-order valence-corrected chi connectivity index (χ1v) is 17.2. The molecule has 2 aromatic carbocycles. The Morgan fingerprint density at radius 2 is 1.72 bits per heavy atom. The average molecular weight is 759 g/mol. The summed E-state index contributed by atoms with van der Waals surface area (Å²) in [6.45, 7) is 2.56. The molecule has 0 saturated heterocycles. The van der Waals surface area contributed by atoms with E-state index in [1.54, 1.807) is 34.0 Å². The summed E-state index contributed by atoms with van der Waals surface area (Å²) in [5.74, 6) is -3.03. The molecule has 0 saturated carbocycles. The lowest BCUT2D eigenvalue weighted by Crippen LogP contribution is -2.27. The molecule has 54 heavy (non-hydrogen) atoms. The molecule has 6 aromatic rings. The molecule has 0 aliphatic carbocycles. The van der Waals surface area contributed by atoms with Crippen LogP contribution in [0.2, 0.25) is 5.02 Å². The molecule has 16 heteroatoms. The van der Waals surface area contributed by atoms with Crippen LogP contribution in [0.15, 0.2) is 103 Å². The number of rotatable bonds is 5. The molecule has 0 spiro atoms. The van der Waals surface area contributed by atoms with Crippen molar-refractivity contribution in [2.24, 2.45) is 13.0 Å². The zero-order valence-corrected chi connectivity index (χ0v) is 29.8. The van der Waals surface area contributed by atoms with Gasteiger partial charge in [-0.05, 0) is 48.2 Å². The number of halogens is 4. The first-order chi connectivity index (χ1) is 25.8. The average Bonchev–Trinajstić information content (AvgIpc) is 3.76. The van der Waals surface area contributed by atoms with Gasteiger partial charge in [0, 0.05) is 53.1 Å². The van der Waals surface area contributed by atoms with Crippen molar-refractivity contribution >= 4 is 29.2 Å². The van der Waals surface area contributed by atoms with Gasteiger partial charge in [0.05, 0.1) is 54.1 Å². The Labute approximate surface area is 311 Å². The number of anilines is 1. The smallest absolute Gasteiger partial charge is 0.475 e. The van der Waals surface area contributed by atoms with Gasteiger partial charge < -0.3 is 10.4 Å². The molecule has 278 valence electrons. The minimum Gasteiger partial charge on any atom is -0.475 e. The molecule has 1 amide bonds. The maximum absolute atomic E-state index is 13.9. The highest BCUT2D eigenvalue weighted by atomic mass is 35.5. The summed E-state index contributed by atoms with van der Waals surface area (Å²) < 4.78 is 37.0. The summed E-state index contributed by atoms with van der Waals surface area (Å²) >= 11 is 6.47.